The summed E-state index contributed by atoms with van der Waals surface area (Å²) in [4.78, 5) is 35.3. The summed E-state index contributed by atoms with van der Waals surface area (Å²) in [5, 5.41) is 5.21. The van der Waals surface area contributed by atoms with E-state index in [-0.39, 0.29) is 13.0 Å². The predicted octanol–water partition coefficient (Wildman–Crippen LogP) is 2.87. The van der Waals surface area contributed by atoms with Gasteiger partial charge in [-0.3, -0.25) is 9.59 Å². The molecule has 0 aliphatic rings. The highest BCUT2D eigenvalue weighted by Crippen LogP contribution is 2.15. The standard InChI is InChI=1S/C19H28N2O6/c1-13(17(23)21-14-8-10-15(25-5)11-9-14)26-16(22)7-6-12-20-18(24)27-19(2,3)4/h8-11,13H,6-7,12H2,1-5H3,(H,20,24)(H,21,23)/t13-/m1/s1. The van der Waals surface area contributed by atoms with Crippen LogP contribution < -0.4 is 15.4 Å². The maximum Gasteiger partial charge on any atom is 0.407 e. The lowest BCUT2D eigenvalue weighted by molar-refractivity contribution is -0.153. The number of carbonyl (C=O) groups excluding carboxylic acids is 3. The SMILES string of the molecule is COc1ccc(NC(=O)[C@@H](C)OC(=O)CCCNC(=O)OC(C)(C)C)cc1. The van der Waals surface area contributed by atoms with E-state index in [0.717, 1.165) is 0 Å². The van der Waals surface area contributed by atoms with Gasteiger partial charge in [0, 0.05) is 18.7 Å². The number of benzene rings is 1. The Hall–Kier alpha value is -2.77. The second-order valence-corrected chi connectivity index (χ2v) is 6.88. The molecule has 0 aliphatic carbocycles. The van der Waals surface area contributed by atoms with Gasteiger partial charge in [0.05, 0.1) is 7.11 Å². The molecule has 1 atom stereocenters. The number of hydrogen-bond acceptors (Lipinski definition) is 6. The van der Waals surface area contributed by atoms with Crippen LogP contribution in [-0.2, 0) is 19.1 Å². The molecule has 8 heteroatoms. The molecule has 0 aromatic heterocycles. The maximum atomic E-state index is 12.1. The number of hydrogen-bond donors (Lipinski definition) is 2. The van der Waals surface area contributed by atoms with E-state index < -0.39 is 29.7 Å². The zero-order valence-corrected chi connectivity index (χ0v) is 16.5. The normalized spacial score (nSPS) is 11.9. The summed E-state index contributed by atoms with van der Waals surface area (Å²) in [5.74, 6) is -0.272. The van der Waals surface area contributed by atoms with E-state index in [9.17, 15) is 14.4 Å². The van der Waals surface area contributed by atoms with Crippen LogP contribution in [0.2, 0.25) is 0 Å². The van der Waals surface area contributed by atoms with Gasteiger partial charge in [-0.25, -0.2) is 4.79 Å². The Kier molecular flexibility index (Phi) is 8.58. The molecule has 0 saturated heterocycles. The van der Waals surface area contributed by atoms with Crippen molar-refractivity contribution in [2.45, 2.75) is 52.2 Å². The molecule has 8 nitrogen and oxygen atoms in total. The fourth-order valence-electron chi connectivity index (χ4n) is 1.97. The molecule has 1 rings (SSSR count). The number of alkyl carbamates (subject to hydrolysis) is 1. The van der Waals surface area contributed by atoms with Crippen molar-refractivity contribution in [2.75, 3.05) is 19.0 Å². The highest BCUT2D eigenvalue weighted by Gasteiger charge is 2.18. The van der Waals surface area contributed by atoms with Gasteiger partial charge in [0.2, 0.25) is 0 Å². The van der Waals surface area contributed by atoms with Crippen LogP contribution >= 0.6 is 0 Å². The van der Waals surface area contributed by atoms with Crippen LogP contribution in [0.1, 0.15) is 40.5 Å². The molecule has 0 saturated carbocycles. The fourth-order valence-corrected chi connectivity index (χ4v) is 1.97. The van der Waals surface area contributed by atoms with Crippen molar-refractivity contribution < 1.29 is 28.6 Å². The quantitative estimate of drug-likeness (QED) is 0.531. The molecule has 2 amide bonds. The van der Waals surface area contributed by atoms with Gasteiger partial charge < -0.3 is 24.8 Å². The molecule has 0 aliphatic heterocycles. The molecular weight excluding hydrogens is 352 g/mol. The topological polar surface area (TPSA) is 103 Å². The van der Waals surface area contributed by atoms with Crippen LogP contribution in [0.25, 0.3) is 0 Å². The van der Waals surface area contributed by atoms with Gasteiger partial charge in [-0.2, -0.15) is 0 Å². The lowest BCUT2D eigenvalue weighted by Gasteiger charge is -2.19. The van der Waals surface area contributed by atoms with Gasteiger partial charge in [-0.1, -0.05) is 0 Å². The molecule has 2 N–H and O–H groups in total. The van der Waals surface area contributed by atoms with E-state index >= 15 is 0 Å². The Morgan fingerprint density at radius 2 is 1.74 bits per heavy atom. The number of amides is 2. The van der Waals surface area contributed by atoms with Crippen LogP contribution in [0.5, 0.6) is 5.75 Å². The number of carbonyl (C=O) groups is 3. The van der Waals surface area contributed by atoms with Crippen LogP contribution in [0.4, 0.5) is 10.5 Å². The summed E-state index contributed by atoms with van der Waals surface area (Å²) in [6.45, 7) is 7.07. The van der Waals surface area contributed by atoms with Gasteiger partial charge >= 0.3 is 12.1 Å². The fraction of sp³-hybridized carbons (Fsp3) is 0.526. The molecule has 27 heavy (non-hydrogen) atoms. The first kappa shape index (κ1) is 22.3. The van der Waals surface area contributed by atoms with Crippen molar-refractivity contribution in [1.82, 2.24) is 5.32 Å². The van der Waals surface area contributed by atoms with Crippen molar-refractivity contribution in [2.24, 2.45) is 0 Å². The van der Waals surface area contributed by atoms with E-state index in [2.05, 4.69) is 10.6 Å². The number of methoxy groups -OCH3 is 1. The molecule has 1 aromatic carbocycles. The van der Waals surface area contributed by atoms with Crippen LogP contribution in [0, 0.1) is 0 Å². The van der Waals surface area contributed by atoms with Gasteiger partial charge in [0.1, 0.15) is 11.4 Å². The third-order valence-corrected chi connectivity index (χ3v) is 3.26. The lowest BCUT2D eigenvalue weighted by atomic mass is 10.2. The molecule has 0 radical (unpaired) electrons. The monoisotopic (exact) mass is 380 g/mol. The van der Waals surface area contributed by atoms with Crippen LogP contribution in [-0.4, -0.2) is 43.3 Å². The minimum absolute atomic E-state index is 0.0793. The van der Waals surface area contributed by atoms with Crippen molar-refractivity contribution in [3.8, 4) is 5.75 Å². The van der Waals surface area contributed by atoms with E-state index in [4.69, 9.17) is 14.2 Å². The lowest BCUT2D eigenvalue weighted by Crippen LogP contribution is -2.33. The van der Waals surface area contributed by atoms with Gasteiger partial charge in [-0.15, -0.1) is 0 Å². The largest absolute Gasteiger partial charge is 0.497 e. The second-order valence-electron chi connectivity index (χ2n) is 6.88. The Labute approximate surface area is 159 Å². The molecule has 0 unspecified atom stereocenters. The van der Waals surface area contributed by atoms with E-state index in [1.807, 2.05) is 0 Å². The van der Waals surface area contributed by atoms with Crippen molar-refractivity contribution >= 4 is 23.7 Å². The minimum atomic E-state index is -0.932. The minimum Gasteiger partial charge on any atom is -0.497 e. The number of rotatable bonds is 8. The Bertz CT molecular complexity index is 637. The molecule has 0 bridgehead atoms. The highest BCUT2D eigenvalue weighted by molar-refractivity contribution is 5.95. The van der Waals surface area contributed by atoms with Gasteiger partial charge in [0.15, 0.2) is 6.10 Å². The maximum absolute atomic E-state index is 12.1. The summed E-state index contributed by atoms with van der Waals surface area (Å²) < 4.78 is 15.2. The van der Waals surface area contributed by atoms with Gasteiger partial charge in [-0.05, 0) is 58.4 Å². The van der Waals surface area contributed by atoms with Gasteiger partial charge in [0.25, 0.3) is 5.91 Å². The zero-order chi connectivity index (χ0) is 20.4. The molecule has 150 valence electrons. The summed E-state index contributed by atoms with van der Waals surface area (Å²) in [7, 11) is 1.55. The summed E-state index contributed by atoms with van der Waals surface area (Å²) in [6.07, 6.45) is -1.01. The van der Waals surface area contributed by atoms with Crippen LogP contribution in [0.15, 0.2) is 24.3 Å². The third kappa shape index (κ3) is 9.48. The van der Waals surface area contributed by atoms with E-state index in [1.54, 1.807) is 52.1 Å². The van der Waals surface area contributed by atoms with Crippen molar-refractivity contribution in [3.63, 3.8) is 0 Å². The number of nitrogens with one attached hydrogen (secondary N) is 2. The first-order chi connectivity index (χ1) is 12.6. The average Bonchev–Trinajstić information content (AvgIpc) is 2.57. The first-order valence-electron chi connectivity index (χ1n) is 8.72. The Morgan fingerprint density at radius 1 is 1.11 bits per heavy atom. The van der Waals surface area contributed by atoms with E-state index in [1.165, 1.54) is 6.92 Å². The van der Waals surface area contributed by atoms with Crippen molar-refractivity contribution in [3.05, 3.63) is 24.3 Å². The number of esters is 1. The summed E-state index contributed by atoms with van der Waals surface area (Å²) in [5.41, 5.74) is 0.000596. The van der Waals surface area contributed by atoms with E-state index in [0.29, 0.717) is 17.9 Å². The number of anilines is 1. The molecule has 0 heterocycles. The Morgan fingerprint density at radius 3 is 2.30 bits per heavy atom. The first-order valence-corrected chi connectivity index (χ1v) is 8.72. The third-order valence-electron chi connectivity index (χ3n) is 3.26. The second kappa shape index (κ2) is 10.4. The molecule has 0 spiro atoms. The highest BCUT2D eigenvalue weighted by atomic mass is 16.6. The smallest absolute Gasteiger partial charge is 0.407 e. The molecule has 1 aromatic rings. The zero-order valence-electron chi connectivity index (χ0n) is 16.5. The Balaban J connectivity index is 2.28. The average molecular weight is 380 g/mol. The molecular formula is C19H28N2O6. The summed E-state index contributed by atoms with van der Waals surface area (Å²) in [6, 6.07) is 6.80. The van der Waals surface area contributed by atoms with Crippen LogP contribution in [0.3, 0.4) is 0 Å². The van der Waals surface area contributed by atoms with Crippen molar-refractivity contribution in [1.29, 1.82) is 0 Å². The molecule has 0 fully saturated rings. The summed E-state index contributed by atoms with van der Waals surface area (Å²) >= 11 is 0. The number of ether oxygens (including phenoxy) is 3. The predicted molar refractivity (Wildman–Crippen MR) is 101 cm³/mol.